The minimum Gasteiger partial charge on any atom is -0.545 e. The molecule has 0 aliphatic carbocycles. The van der Waals surface area contributed by atoms with Gasteiger partial charge in [0.1, 0.15) is 11.5 Å². The average Bonchev–Trinajstić information content (AvgIpc) is 2.84. The second kappa shape index (κ2) is 9.59. The molecule has 0 radical (unpaired) electrons. The van der Waals surface area contributed by atoms with Crippen LogP contribution in [0.2, 0.25) is 0 Å². The molecule has 0 fully saturated rings. The van der Waals surface area contributed by atoms with Crippen molar-refractivity contribution in [2.75, 3.05) is 0 Å². The van der Waals surface area contributed by atoms with E-state index in [0.717, 1.165) is 22.0 Å². The molecule has 0 bridgehead atoms. The highest BCUT2D eigenvalue weighted by Crippen LogP contribution is 2.50. The number of carboxylic acid groups (broad SMARTS) is 1. The van der Waals surface area contributed by atoms with E-state index in [1.807, 2.05) is 91.0 Å². The van der Waals surface area contributed by atoms with Crippen LogP contribution in [0.5, 0.6) is 0 Å². The Morgan fingerprint density at radius 2 is 1.19 bits per heavy atom. The Labute approximate surface area is 186 Å². The molecule has 4 aromatic rings. The lowest BCUT2D eigenvalue weighted by atomic mass is 10.1. The SMILES string of the molecule is O=C([O-])/C=C/c1cccc(F)c1N=P(c1ccccc1)(c1ccccc1)c1ccccc1. The van der Waals surface area contributed by atoms with E-state index >= 15 is 4.39 Å². The molecule has 5 heteroatoms. The first kappa shape index (κ1) is 21.5. The first-order valence-corrected chi connectivity index (χ1v) is 11.8. The fraction of sp³-hybridized carbons (Fsp3) is 0. The number of hydrogen-bond donors (Lipinski definition) is 0. The molecule has 0 spiro atoms. The first-order valence-electron chi connectivity index (χ1n) is 10.1. The highest BCUT2D eigenvalue weighted by Gasteiger charge is 2.28. The second-order valence-corrected chi connectivity index (χ2v) is 10.1. The summed E-state index contributed by atoms with van der Waals surface area (Å²) in [6.07, 6.45) is 2.22. The summed E-state index contributed by atoms with van der Waals surface area (Å²) in [6, 6.07) is 34.1. The molecule has 0 atom stereocenters. The summed E-state index contributed by atoms with van der Waals surface area (Å²) in [5.74, 6) is -1.87. The molecule has 4 rings (SSSR count). The molecule has 0 aliphatic heterocycles. The second-order valence-electron chi connectivity index (χ2n) is 7.07. The van der Waals surface area contributed by atoms with Gasteiger partial charge in [-0.3, -0.25) is 4.74 Å². The number of carbonyl (C=O) groups excluding carboxylic acids is 1. The fourth-order valence-corrected chi connectivity index (χ4v) is 7.19. The predicted molar refractivity (Wildman–Crippen MR) is 128 cm³/mol. The maximum absolute atomic E-state index is 15.2. The van der Waals surface area contributed by atoms with E-state index in [4.69, 9.17) is 4.74 Å². The molecule has 0 amide bonds. The third-order valence-electron chi connectivity index (χ3n) is 5.06. The molecule has 0 N–H and O–H groups in total. The van der Waals surface area contributed by atoms with Crippen molar-refractivity contribution in [2.24, 2.45) is 4.74 Å². The zero-order valence-electron chi connectivity index (χ0n) is 17.1. The molecule has 0 saturated carbocycles. The van der Waals surface area contributed by atoms with Gasteiger partial charge in [0.2, 0.25) is 0 Å². The van der Waals surface area contributed by atoms with Gasteiger partial charge in [0.15, 0.2) is 0 Å². The van der Waals surface area contributed by atoms with E-state index in [2.05, 4.69) is 0 Å². The molecule has 0 aliphatic rings. The van der Waals surface area contributed by atoms with Crippen LogP contribution in [0.3, 0.4) is 0 Å². The first-order chi connectivity index (χ1) is 15.6. The van der Waals surface area contributed by atoms with Crippen LogP contribution in [0.4, 0.5) is 10.1 Å². The summed E-state index contributed by atoms with van der Waals surface area (Å²) in [7, 11) is -2.69. The number of hydrogen-bond acceptors (Lipinski definition) is 3. The highest BCUT2D eigenvalue weighted by atomic mass is 31.2. The lowest BCUT2D eigenvalue weighted by Gasteiger charge is -2.27. The van der Waals surface area contributed by atoms with Crippen LogP contribution in [0.1, 0.15) is 5.56 Å². The van der Waals surface area contributed by atoms with Crippen molar-refractivity contribution >= 4 is 40.7 Å². The zero-order chi connectivity index (χ0) is 22.4. The Morgan fingerprint density at radius 3 is 1.62 bits per heavy atom. The van der Waals surface area contributed by atoms with Crippen molar-refractivity contribution in [3.63, 3.8) is 0 Å². The molecule has 158 valence electrons. The number of aliphatic carboxylic acids is 1. The van der Waals surface area contributed by atoms with E-state index in [1.165, 1.54) is 18.2 Å². The van der Waals surface area contributed by atoms with Crippen LogP contribution in [-0.4, -0.2) is 5.97 Å². The maximum Gasteiger partial charge on any atom is 0.149 e. The summed E-state index contributed by atoms with van der Waals surface area (Å²) in [5.41, 5.74) is 0.497. The molecule has 0 unspecified atom stereocenters. The lowest BCUT2D eigenvalue weighted by Crippen LogP contribution is -2.25. The topological polar surface area (TPSA) is 52.5 Å². The smallest absolute Gasteiger partial charge is 0.149 e. The zero-order valence-corrected chi connectivity index (χ0v) is 18.0. The average molecular weight is 440 g/mol. The van der Waals surface area contributed by atoms with Gasteiger partial charge < -0.3 is 9.90 Å². The third kappa shape index (κ3) is 4.32. The summed E-state index contributed by atoms with van der Waals surface area (Å²) >= 11 is 0. The minimum absolute atomic E-state index is 0.120. The molecule has 0 saturated heterocycles. The van der Waals surface area contributed by atoms with E-state index in [1.54, 1.807) is 6.07 Å². The van der Waals surface area contributed by atoms with Gasteiger partial charge in [-0.2, -0.15) is 0 Å². The van der Waals surface area contributed by atoms with E-state index < -0.39 is 18.8 Å². The normalized spacial score (nSPS) is 11.4. The van der Waals surface area contributed by atoms with Crippen molar-refractivity contribution in [3.8, 4) is 0 Å². The van der Waals surface area contributed by atoms with Gasteiger partial charge in [-0.1, -0.05) is 109 Å². The Hall–Kier alpha value is -3.75. The van der Waals surface area contributed by atoms with Crippen LogP contribution in [0.25, 0.3) is 6.08 Å². The fourth-order valence-electron chi connectivity index (χ4n) is 3.63. The van der Waals surface area contributed by atoms with Gasteiger partial charge in [-0.05, 0) is 12.1 Å². The Balaban J connectivity index is 2.15. The molecule has 3 nitrogen and oxygen atoms in total. The molecular weight excluding hydrogens is 420 g/mol. The van der Waals surface area contributed by atoms with Gasteiger partial charge in [-0.25, -0.2) is 4.39 Å². The van der Waals surface area contributed by atoms with Crippen LogP contribution >= 0.6 is 7.05 Å². The van der Waals surface area contributed by atoms with Crippen molar-refractivity contribution < 1.29 is 14.3 Å². The summed E-state index contributed by atoms with van der Waals surface area (Å²) in [6.45, 7) is 0. The quantitative estimate of drug-likeness (QED) is 0.330. The number of halogens is 1. The standard InChI is InChI=1S/C27H21FNO2P/c28-25-18-10-11-21(19-20-26(30)31)27(25)29-32(22-12-4-1-5-13-22,23-14-6-2-7-15-23)24-16-8-3-9-17-24/h1-20H,(H,30,31)/p-1/b20-19+. The Bertz CT molecular complexity index is 1200. The molecule has 4 aromatic carbocycles. The largest absolute Gasteiger partial charge is 0.545 e. The molecule has 0 heterocycles. The summed E-state index contributed by atoms with van der Waals surface area (Å²) in [4.78, 5) is 11.0. The Morgan fingerprint density at radius 1 is 0.719 bits per heavy atom. The number of carbonyl (C=O) groups is 1. The molecule has 0 aromatic heterocycles. The van der Waals surface area contributed by atoms with E-state index in [9.17, 15) is 9.90 Å². The third-order valence-corrected chi connectivity index (χ3v) is 8.69. The maximum atomic E-state index is 15.2. The van der Waals surface area contributed by atoms with Crippen LogP contribution in [-0.2, 0) is 4.79 Å². The van der Waals surface area contributed by atoms with Crippen molar-refractivity contribution in [2.45, 2.75) is 0 Å². The summed E-state index contributed by atoms with van der Waals surface area (Å²) in [5, 5.41) is 13.9. The number of rotatable bonds is 6. The minimum atomic E-state index is -2.69. The van der Waals surface area contributed by atoms with Gasteiger partial charge in [0.25, 0.3) is 0 Å². The van der Waals surface area contributed by atoms with Crippen LogP contribution in [0.15, 0.2) is 120 Å². The van der Waals surface area contributed by atoms with Gasteiger partial charge in [-0.15, -0.1) is 0 Å². The van der Waals surface area contributed by atoms with Gasteiger partial charge >= 0.3 is 0 Å². The predicted octanol–water partition coefficient (Wildman–Crippen LogP) is 4.40. The Kier molecular flexibility index (Phi) is 6.44. The monoisotopic (exact) mass is 440 g/mol. The van der Waals surface area contributed by atoms with Crippen molar-refractivity contribution in [1.82, 2.24) is 0 Å². The number of benzene rings is 4. The van der Waals surface area contributed by atoms with Crippen LogP contribution in [0, 0.1) is 5.82 Å². The number of nitrogens with zero attached hydrogens (tertiary/aromatic N) is 1. The molecule has 32 heavy (non-hydrogen) atoms. The van der Waals surface area contributed by atoms with Gasteiger partial charge in [0, 0.05) is 21.5 Å². The van der Waals surface area contributed by atoms with Crippen molar-refractivity contribution in [3.05, 3.63) is 127 Å². The molecular formula is C27H20FNO2P-. The van der Waals surface area contributed by atoms with Crippen LogP contribution < -0.4 is 21.0 Å². The lowest BCUT2D eigenvalue weighted by molar-refractivity contribution is -0.297. The number of carboxylic acids is 1. The van der Waals surface area contributed by atoms with E-state index in [0.29, 0.717) is 5.56 Å². The van der Waals surface area contributed by atoms with Crippen molar-refractivity contribution in [1.29, 1.82) is 0 Å². The van der Waals surface area contributed by atoms with E-state index in [-0.39, 0.29) is 5.69 Å². The van der Waals surface area contributed by atoms with Gasteiger partial charge in [0.05, 0.1) is 13.0 Å². The highest BCUT2D eigenvalue weighted by molar-refractivity contribution is 7.87. The summed E-state index contributed by atoms with van der Waals surface area (Å²) < 4.78 is 20.3.